The van der Waals surface area contributed by atoms with Crippen LogP contribution in [0.15, 0.2) is 48.5 Å². The zero-order valence-corrected chi connectivity index (χ0v) is 21.1. The van der Waals surface area contributed by atoms with E-state index in [4.69, 9.17) is 16.3 Å². The van der Waals surface area contributed by atoms with E-state index in [1.807, 2.05) is 18.2 Å². The van der Waals surface area contributed by atoms with Gasteiger partial charge in [0.1, 0.15) is 11.8 Å². The van der Waals surface area contributed by atoms with Crippen molar-refractivity contribution in [3.63, 3.8) is 0 Å². The number of carbonyl (C=O) groups is 3. The maximum Gasteiger partial charge on any atom is 0.257 e. The molecule has 1 aliphatic heterocycles. The number of rotatable bonds is 7. The molecular weight excluding hydrogens is 452 g/mol. The molecular formula is C27H31ClN2O4. The number of benzene rings is 2. The number of anilines is 1. The quantitative estimate of drug-likeness (QED) is 0.535. The number of hydrogen-bond donors (Lipinski definition) is 0. The van der Waals surface area contributed by atoms with Crippen molar-refractivity contribution in [2.24, 2.45) is 16.7 Å². The van der Waals surface area contributed by atoms with E-state index in [-0.39, 0.29) is 40.9 Å². The van der Waals surface area contributed by atoms with Gasteiger partial charge >= 0.3 is 0 Å². The third kappa shape index (κ3) is 4.09. The summed E-state index contributed by atoms with van der Waals surface area (Å²) in [7, 11) is 1.56. The first-order chi connectivity index (χ1) is 16.0. The van der Waals surface area contributed by atoms with E-state index >= 15 is 0 Å². The molecule has 0 N–H and O–H groups in total. The van der Waals surface area contributed by atoms with Gasteiger partial charge in [-0.3, -0.25) is 14.4 Å². The van der Waals surface area contributed by atoms with Crippen LogP contribution in [-0.2, 0) is 20.8 Å². The minimum absolute atomic E-state index is 0.0281. The smallest absolute Gasteiger partial charge is 0.257 e. The average molecular weight is 483 g/mol. The maximum absolute atomic E-state index is 13.8. The van der Waals surface area contributed by atoms with Gasteiger partial charge in [-0.05, 0) is 59.2 Å². The summed E-state index contributed by atoms with van der Waals surface area (Å²) in [5, 5.41) is 0.623. The van der Waals surface area contributed by atoms with Crippen LogP contribution >= 0.6 is 11.6 Å². The fraction of sp³-hybridized carbons (Fsp3) is 0.444. The number of nitrogens with zero attached hydrogens (tertiary/aromatic N) is 2. The summed E-state index contributed by atoms with van der Waals surface area (Å²) in [6.45, 7) is 8.65. The molecule has 4 rings (SSSR count). The van der Waals surface area contributed by atoms with Crippen LogP contribution in [0.4, 0.5) is 5.69 Å². The Balaban J connectivity index is 1.61. The summed E-state index contributed by atoms with van der Waals surface area (Å²) >= 11 is 6.14. The molecule has 6 nitrogen and oxygen atoms in total. The van der Waals surface area contributed by atoms with Crippen LogP contribution < -0.4 is 9.64 Å². The van der Waals surface area contributed by atoms with Gasteiger partial charge in [-0.15, -0.1) is 0 Å². The van der Waals surface area contributed by atoms with Gasteiger partial charge < -0.3 is 9.64 Å². The highest BCUT2D eigenvalue weighted by atomic mass is 35.5. The van der Waals surface area contributed by atoms with Crippen molar-refractivity contribution in [2.45, 2.75) is 46.6 Å². The molecule has 0 radical (unpaired) electrons. The molecule has 1 aliphatic carbocycles. The molecule has 1 heterocycles. The highest BCUT2D eigenvalue weighted by Gasteiger charge is 2.69. The second kappa shape index (κ2) is 8.73. The Labute approximate surface area is 205 Å². The normalized spacial score (nSPS) is 21.0. The molecule has 0 spiro atoms. The molecule has 1 atom stereocenters. The van der Waals surface area contributed by atoms with Crippen LogP contribution in [0, 0.1) is 16.7 Å². The number of halogens is 1. The van der Waals surface area contributed by atoms with Crippen LogP contribution in [0.1, 0.15) is 39.7 Å². The van der Waals surface area contributed by atoms with Crippen LogP contribution in [-0.4, -0.2) is 42.3 Å². The fourth-order valence-electron chi connectivity index (χ4n) is 5.20. The Bertz CT molecular complexity index is 1110. The van der Waals surface area contributed by atoms with E-state index in [1.54, 1.807) is 42.3 Å². The van der Waals surface area contributed by atoms with Crippen molar-refractivity contribution in [2.75, 3.05) is 18.6 Å². The van der Waals surface area contributed by atoms with Crippen molar-refractivity contribution in [1.82, 2.24) is 4.90 Å². The van der Waals surface area contributed by atoms with E-state index < -0.39 is 6.04 Å². The Morgan fingerprint density at radius 2 is 1.74 bits per heavy atom. The zero-order valence-electron chi connectivity index (χ0n) is 20.3. The number of methoxy groups -OCH3 is 1. The Morgan fingerprint density at radius 1 is 1.09 bits per heavy atom. The van der Waals surface area contributed by atoms with Crippen molar-refractivity contribution >= 4 is 35.0 Å². The van der Waals surface area contributed by atoms with Gasteiger partial charge in [0.15, 0.2) is 0 Å². The molecule has 1 unspecified atom stereocenters. The average Bonchev–Trinajstić information content (AvgIpc) is 3.02. The second-order valence-electron chi connectivity index (χ2n) is 10.3. The number of amides is 3. The van der Waals surface area contributed by atoms with E-state index in [2.05, 4.69) is 27.7 Å². The lowest BCUT2D eigenvalue weighted by Gasteiger charge is -2.29. The first-order valence-electron chi connectivity index (χ1n) is 11.5. The maximum atomic E-state index is 13.8. The van der Waals surface area contributed by atoms with Crippen LogP contribution in [0.5, 0.6) is 5.75 Å². The van der Waals surface area contributed by atoms with Gasteiger partial charge in [0.25, 0.3) is 5.91 Å². The lowest BCUT2D eigenvalue weighted by Crippen LogP contribution is -2.47. The van der Waals surface area contributed by atoms with E-state index in [9.17, 15) is 14.4 Å². The van der Waals surface area contributed by atoms with E-state index in [1.165, 1.54) is 4.90 Å². The van der Waals surface area contributed by atoms with Gasteiger partial charge in [-0.2, -0.15) is 0 Å². The Hall–Kier alpha value is -2.86. The summed E-state index contributed by atoms with van der Waals surface area (Å²) in [5.41, 5.74) is 1.09. The lowest BCUT2D eigenvalue weighted by molar-refractivity contribution is -0.140. The summed E-state index contributed by atoms with van der Waals surface area (Å²) in [5.74, 6) is -0.325. The summed E-state index contributed by atoms with van der Waals surface area (Å²) in [4.78, 5) is 43.1. The van der Waals surface area contributed by atoms with Gasteiger partial charge in [0.2, 0.25) is 11.8 Å². The van der Waals surface area contributed by atoms with Crippen molar-refractivity contribution in [3.8, 4) is 5.75 Å². The first kappa shape index (κ1) is 24.3. The second-order valence-corrected chi connectivity index (χ2v) is 10.7. The largest absolute Gasteiger partial charge is 0.497 e. The van der Waals surface area contributed by atoms with Crippen molar-refractivity contribution < 1.29 is 19.1 Å². The van der Waals surface area contributed by atoms with Gasteiger partial charge in [-0.25, -0.2) is 4.90 Å². The zero-order chi connectivity index (χ0) is 24.8. The van der Waals surface area contributed by atoms with E-state index in [0.717, 1.165) is 5.56 Å². The molecule has 3 amide bonds. The number of imide groups is 1. The van der Waals surface area contributed by atoms with E-state index in [0.29, 0.717) is 29.4 Å². The summed E-state index contributed by atoms with van der Waals surface area (Å²) in [6, 6.07) is 13.4. The number of carbonyl (C=O) groups excluding carboxylic acids is 3. The molecule has 34 heavy (non-hydrogen) atoms. The first-order valence-corrected chi connectivity index (χ1v) is 11.9. The molecule has 2 aromatic rings. The molecule has 0 bridgehead atoms. The van der Waals surface area contributed by atoms with Crippen LogP contribution in [0.25, 0.3) is 0 Å². The molecule has 2 aliphatic rings. The topological polar surface area (TPSA) is 66.9 Å². The molecule has 1 saturated heterocycles. The highest BCUT2D eigenvalue weighted by Crippen LogP contribution is 2.69. The molecule has 0 aromatic heterocycles. The predicted octanol–water partition coefficient (Wildman–Crippen LogP) is 4.73. The lowest BCUT2D eigenvalue weighted by atomic mass is 10.0. The predicted molar refractivity (Wildman–Crippen MR) is 132 cm³/mol. The fourth-order valence-corrected chi connectivity index (χ4v) is 5.42. The van der Waals surface area contributed by atoms with Gasteiger partial charge in [0.05, 0.1) is 19.2 Å². The van der Waals surface area contributed by atoms with Crippen molar-refractivity contribution in [1.29, 1.82) is 0 Å². The molecule has 180 valence electrons. The van der Waals surface area contributed by atoms with Crippen LogP contribution in [0.2, 0.25) is 5.02 Å². The molecule has 2 fully saturated rings. The molecule has 2 aromatic carbocycles. The third-order valence-corrected chi connectivity index (χ3v) is 8.15. The minimum atomic E-state index is -0.825. The van der Waals surface area contributed by atoms with Gasteiger partial charge in [0, 0.05) is 17.5 Å². The Morgan fingerprint density at radius 3 is 2.29 bits per heavy atom. The minimum Gasteiger partial charge on any atom is -0.497 e. The standard InChI is InChI=1S/C27H31ClN2O4/c1-26(2)23(27(26,3)4)25(33)29(14-13-17-7-6-8-18(28)15-17)21-16-22(31)30(24(21)32)19-9-11-20(34-5)12-10-19/h6-12,15,21,23H,13-14,16H2,1-5H3. The highest BCUT2D eigenvalue weighted by molar-refractivity contribution is 6.30. The SMILES string of the molecule is COc1ccc(N2C(=O)CC(N(CCc3cccc(Cl)c3)C(=O)C3C(C)(C)C3(C)C)C2=O)cc1. The monoisotopic (exact) mass is 482 g/mol. The Kier molecular flexibility index (Phi) is 6.23. The van der Waals surface area contributed by atoms with Crippen LogP contribution in [0.3, 0.4) is 0 Å². The third-order valence-electron chi connectivity index (χ3n) is 7.91. The molecule has 7 heteroatoms. The van der Waals surface area contributed by atoms with Gasteiger partial charge in [-0.1, -0.05) is 51.4 Å². The number of ether oxygens (including phenoxy) is 1. The molecule has 1 saturated carbocycles. The number of hydrogen-bond acceptors (Lipinski definition) is 4. The van der Waals surface area contributed by atoms with Crippen molar-refractivity contribution in [3.05, 3.63) is 59.1 Å². The summed E-state index contributed by atoms with van der Waals surface area (Å²) < 4.78 is 5.18. The summed E-state index contributed by atoms with van der Waals surface area (Å²) in [6.07, 6.45) is 0.514.